The van der Waals surface area contributed by atoms with Crippen LogP contribution >= 0.6 is 11.3 Å². The summed E-state index contributed by atoms with van der Waals surface area (Å²) in [6.45, 7) is -0.356. The molecule has 0 radical (unpaired) electrons. The minimum absolute atomic E-state index is 0.0276. The second-order valence-corrected chi connectivity index (χ2v) is 11.4. The molecule has 4 rings (SSSR count). The Morgan fingerprint density at radius 1 is 1.20 bits per heavy atom. The van der Waals surface area contributed by atoms with Gasteiger partial charge in [-0.3, -0.25) is 9.59 Å². The van der Waals surface area contributed by atoms with Crippen LogP contribution < -0.4 is 21.7 Å². The highest BCUT2D eigenvalue weighted by Gasteiger charge is 2.34. The molecule has 1 aromatic heterocycles. The van der Waals surface area contributed by atoms with E-state index in [-0.39, 0.29) is 28.7 Å². The fraction of sp³-hybridized carbons (Fsp3) is 0.273. The zero-order valence-electron chi connectivity index (χ0n) is 18.5. The van der Waals surface area contributed by atoms with Crippen LogP contribution in [0.1, 0.15) is 23.1 Å². The number of anilines is 1. The van der Waals surface area contributed by atoms with E-state index < -0.39 is 38.7 Å². The van der Waals surface area contributed by atoms with Gasteiger partial charge in [0.05, 0.1) is 16.8 Å². The van der Waals surface area contributed by atoms with Gasteiger partial charge in [-0.15, -0.1) is 11.3 Å². The predicted octanol–water partition coefficient (Wildman–Crippen LogP) is 2.07. The third kappa shape index (κ3) is 5.92. The second kappa shape index (κ2) is 9.58. The average molecular weight is 520 g/mol. The molecule has 2 aromatic carbocycles. The number of nitrogens with zero attached hydrogens (tertiary/aromatic N) is 1. The minimum Gasteiger partial charge on any atom is -0.352 e. The molecule has 184 valence electrons. The van der Waals surface area contributed by atoms with Gasteiger partial charge in [0, 0.05) is 29.6 Å². The molecule has 35 heavy (non-hydrogen) atoms. The quantitative estimate of drug-likeness (QED) is 0.356. The number of fused-ring (bicyclic) bond motifs is 1. The Kier molecular flexibility index (Phi) is 6.72. The predicted molar refractivity (Wildman–Crippen MR) is 130 cm³/mol. The zero-order valence-corrected chi connectivity index (χ0v) is 20.1. The Hall–Kier alpha value is -3.58. The number of benzene rings is 2. The maximum absolute atomic E-state index is 14.9. The number of hydrogen-bond acceptors (Lipinski definition) is 7. The summed E-state index contributed by atoms with van der Waals surface area (Å²) in [6.07, 6.45) is 2.66. The standard InChI is InChI=1S/C22H22FN5O5S2/c1-35(32,33)19(20(30)25-10-18(29)26-12-6-7-12)21-28-16-9-15(23)14(8-17(16)34-21)11-2-4-13(5-3-11)27-22(24)31/h2-5,8-9,12,19H,6-7,10H2,1H3,(H,25,30)(H,26,29)(H3,24,27,31). The van der Waals surface area contributed by atoms with Crippen molar-refractivity contribution in [2.24, 2.45) is 5.73 Å². The molecule has 10 nitrogen and oxygen atoms in total. The van der Waals surface area contributed by atoms with Gasteiger partial charge in [0.2, 0.25) is 11.8 Å². The second-order valence-electron chi connectivity index (χ2n) is 8.19. The molecular formula is C22H22FN5O5S2. The number of primary amides is 1. The van der Waals surface area contributed by atoms with Gasteiger partial charge in [0.25, 0.3) is 0 Å². The van der Waals surface area contributed by atoms with E-state index >= 15 is 0 Å². The van der Waals surface area contributed by atoms with Gasteiger partial charge >= 0.3 is 6.03 Å². The van der Waals surface area contributed by atoms with E-state index in [1.807, 2.05) is 0 Å². The lowest BCUT2D eigenvalue weighted by atomic mass is 10.0. The van der Waals surface area contributed by atoms with Crippen LogP contribution in [0.2, 0.25) is 0 Å². The van der Waals surface area contributed by atoms with Crippen molar-refractivity contribution in [3.8, 4) is 11.1 Å². The third-order valence-corrected chi connectivity index (χ3v) is 7.74. The number of urea groups is 1. The molecule has 0 bridgehead atoms. The van der Waals surface area contributed by atoms with Crippen LogP contribution in [-0.4, -0.2) is 50.1 Å². The molecule has 1 atom stereocenters. The Bertz CT molecular complexity index is 1420. The van der Waals surface area contributed by atoms with Crippen molar-refractivity contribution in [3.05, 3.63) is 47.2 Å². The van der Waals surface area contributed by atoms with Crippen LogP contribution in [0.3, 0.4) is 0 Å². The topological polar surface area (TPSA) is 160 Å². The SMILES string of the molecule is CS(=O)(=O)C(C(=O)NCC(=O)NC1CC1)c1nc2cc(F)c(-c3ccc(NC(N)=O)cc3)cc2s1. The monoisotopic (exact) mass is 519 g/mol. The van der Waals surface area contributed by atoms with E-state index in [2.05, 4.69) is 20.9 Å². The Morgan fingerprint density at radius 3 is 2.49 bits per heavy atom. The number of nitrogens with one attached hydrogen (secondary N) is 3. The van der Waals surface area contributed by atoms with Gasteiger partial charge < -0.3 is 21.7 Å². The van der Waals surface area contributed by atoms with Gasteiger partial charge in [-0.2, -0.15) is 0 Å². The lowest BCUT2D eigenvalue weighted by Gasteiger charge is -2.12. The van der Waals surface area contributed by atoms with Crippen molar-refractivity contribution in [1.82, 2.24) is 15.6 Å². The summed E-state index contributed by atoms with van der Waals surface area (Å²) < 4.78 is 40.2. The number of rotatable bonds is 8. The molecule has 1 heterocycles. The molecule has 5 N–H and O–H groups in total. The van der Waals surface area contributed by atoms with Crippen molar-refractivity contribution in [2.45, 2.75) is 24.1 Å². The molecule has 1 aliphatic rings. The first-order valence-electron chi connectivity index (χ1n) is 10.5. The number of carbonyl (C=O) groups is 3. The lowest BCUT2D eigenvalue weighted by Crippen LogP contribution is -2.41. The fourth-order valence-corrected chi connectivity index (χ4v) is 5.96. The summed E-state index contributed by atoms with van der Waals surface area (Å²) in [4.78, 5) is 39.8. The highest BCUT2D eigenvalue weighted by atomic mass is 32.2. The number of thiazole rings is 1. The first kappa shape index (κ1) is 24.5. The van der Waals surface area contributed by atoms with Crippen LogP contribution in [0.4, 0.5) is 14.9 Å². The molecule has 0 aliphatic heterocycles. The maximum Gasteiger partial charge on any atom is 0.316 e. The molecule has 3 aromatic rings. The molecule has 0 saturated heterocycles. The molecule has 1 fully saturated rings. The first-order valence-corrected chi connectivity index (χ1v) is 13.3. The Labute approximate surface area is 204 Å². The molecule has 4 amide bonds. The van der Waals surface area contributed by atoms with E-state index in [0.29, 0.717) is 16.0 Å². The molecular weight excluding hydrogens is 497 g/mol. The van der Waals surface area contributed by atoms with Crippen molar-refractivity contribution in [3.63, 3.8) is 0 Å². The first-order chi connectivity index (χ1) is 16.5. The van der Waals surface area contributed by atoms with E-state index in [0.717, 1.165) is 30.4 Å². The van der Waals surface area contributed by atoms with Crippen molar-refractivity contribution < 1.29 is 27.2 Å². The molecule has 1 saturated carbocycles. The smallest absolute Gasteiger partial charge is 0.316 e. The van der Waals surface area contributed by atoms with Gasteiger partial charge in [-0.05, 0) is 36.6 Å². The summed E-state index contributed by atoms with van der Waals surface area (Å²) in [5, 5.41) is 5.81. The molecule has 1 unspecified atom stereocenters. The van der Waals surface area contributed by atoms with E-state index in [9.17, 15) is 27.2 Å². The van der Waals surface area contributed by atoms with Gasteiger partial charge in [-0.25, -0.2) is 22.6 Å². The van der Waals surface area contributed by atoms with Crippen LogP contribution in [0.15, 0.2) is 36.4 Å². The summed E-state index contributed by atoms with van der Waals surface area (Å²) >= 11 is 0.953. The summed E-state index contributed by atoms with van der Waals surface area (Å²) in [6, 6.07) is 8.37. The van der Waals surface area contributed by atoms with Crippen molar-refractivity contribution in [2.75, 3.05) is 18.1 Å². The van der Waals surface area contributed by atoms with E-state index in [1.54, 1.807) is 24.3 Å². The molecule has 1 aliphatic carbocycles. The minimum atomic E-state index is -3.94. The van der Waals surface area contributed by atoms with E-state index in [4.69, 9.17) is 5.73 Å². The number of halogens is 1. The highest BCUT2D eigenvalue weighted by Crippen LogP contribution is 2.35. The van der Waals surface area contributed by atoms with Crippen LogP contribution in [0, 0.1) is 5.82 Å². The number of amides is 4. The average Bonchev–Trinajstić information content (AvgIpc) is 3.48. The Morgan fingerprint density at radius 2 is 1.89 bits per heavy atom. The normalized spacial score (nSPS) is 14.3. The highest BCUT2D eigenvalue weighted by molar-refractivity contribution is 7.91. The maximum atomic E-state index is 14.9. The fourth-order valence-electron chi connectivity index (χ4n) is 3.43. The molecule has 13 heteroatoms. The van der Waals surface area contributed by atoms with Crippen LogP contribution in [-0.2, 0) is 19.4 Å². The third-order valence-electron chi connectivity index (χ3n) is 5.21. The van der Waals surface area contributed by atoms with Gasteiger partial charge in [0.1, 0.15) is 10.8 Å². The number of carbonyl (C=O) groups excluding carboxylic acids is 3. The summed E-state index contributed by atoms with van der Waals surface area (Å²) in [7, 11) is -3.94. The number of sulfone groups is 1. The summed E-state index contributed by atoms with van der Waals surface area (Å²) in [5.41, 5.74) is 6.47. The van der Waals surface area contributed by atoms with E-state index in [1.165, 1.54) is 12.1 Å². The number of hydrogen-bond donors (Lipinski definition) is 4. The van der Waals surface area contributed by atoms with Gasteiger partial charge in [0.15, 0.2) is 15.1 Å². The lowest BCUT2D eigenvalue weighted by molar-refractivity contribution is -0.126. The van der Waals surface area contributed by atoms with Crippen LogP contribution in [0.5, 0.6) is 0 Å². The molecule has 0 spiro atoms. The summed E-state index contributed by atoms with van der Waals surface area (Å²) in [5.74, 6) is -1.88. The number of aromatic nitrogens is 1. The largest absolute Gasteiger partial charge is 0.352 e. The zero-order chi connectivity index (χ0) is 25.3. The Balaban J connectivity index is 1.60. The van der Waals surface area contributed by atoms with Crippen molar-refractivity contribution >= 4 is 54.9 Å². The van der Waals surface area contributed by atoms with Crippen LogP contribution in [0.25, 0.3) is 21.3 Å². The number of nitrogens with two attached hydrogens (primary N) is 1. The van der Waals surface area contributed by atoms with Gasteiger partial charge in [-0.1, -0.05) is 12.1 Å². The van der Waals surface area contributed by atoms with Crippen molar-refractivity contribution in [1.29, 1.82) is 0 Å².